The second-order valence-corrected chi connectivity index (χ2v) is 8.04. The van der Waals surface area contributed by atoms with E-state index >= 15 is 0 Å². The van der Waals surface area contributed by atoms with Crippen molar-refractivity contribution < 1.29 is 14.4 Å². The average Bonchev–Trinajstić information content (AvgIpc) is 2.89. The van der Waals surface area contributed by atoms with Crippen molar-refractivity contribution >= 4 is 46.1 Å². The Morgan fingerprint density at radius 2 is 1.89 bits per heavy atom. The van der Waals surface area contributed by atoms with Gasteiger partial charge in [0.1, 0.15) is 12.1 Å². The first-order valence-electron chi connectivity index (χ1n) is 8.77. The predicted octanol–water partition coefficient (Wildman–Crippen LogP) is 3.01. The molecule has 6 nitrogen and oxygen atoms in total. The number of hydrogen-bond donors (Lipinski definition) is 2. The number of carbonyl (C=O) groups is 3. The Labute approximate surface area is 170 Å². The van der Waals surface area contributed by atoms with Crippen LogP contribution >= 0.6 is 22.6 Å². The number of rotatable bonds is 3. The Balaban J connectivity index is 1.54. The monoisotopic (exact) mass is 475 g/mol. The van der Waals surface area contributed by atoms with E-state index in [-0.39, 0.29) is 12.5 Å². The second-order valence-electron chi connectivity index (χ2n) is 6.79. The fourth-order valence-electron chi connectivity index (χ4n) is 3.83. The van der Waals surface area contributed by atoms with Crippen LogP contribution in [0.4, 0.5) is 10.5 Å². The molecule has 1 atom stereocenters. The summed E-state index contributed by atoms with van der Waals surface area (Å²) in [5, 5.41) is 5.59. The lowest BCUT2D eigenvalue weighted by molar-refractivity contribution is -0.134. The number of anilines is 1. The van der Waals surface area contributed by atoms with Gasteiger partial charge in [-0.15, -0.1) is 0 Å². The molecule has 1 fully saturated rings. The average molecular weight is 475 g/mol. The lowest BCUT2D eigenvalue weighted by atomic mass is 9.76. The van der Waals surface area contributed by atoms with Gasteiger partial charge in [0, 0.05) is 9.26 Å². The highest BCUT2D eigenvalue weighted by atomic mass is 127. The smallest absolute Gasteiger partial charge is 0.325 e. The fraction of sp³-hybridized carbons (Fsp3) is 0.250. The summed E-state index contributed by atoms with van der Waals surface area (Å²) in [5.74, 6) is -0.752. The predicted molar refractivity (Wildman–Crippen MR) is 109 cm³/mol. The molecule has 0 aromatic heterocycles. The van der Waals surface area contributed by atoms with Crippen molar-refractivity contribution in [3.8, 4) is 0 Å². The number of carbonyl (C=O) groups excluding carboxylic acids is 3. The number of urea groups is 1. The first-order valence-corrected chi connectivity index (χ1v) is 9.85. The fourth-order valence-corrected chi connectivity index (χ4v) is 4.19. The van der Waals surface area contributed by atoms with Crippen LogP contribution in [0.1, 0.15) is 24.0 Å². The summed E-state index contributed by atoms with van der Waals surface area (Å²) in [6.45, 7) is -0.305. The van der Waals surface area contributed by atoms with Crippen LogP contribution in [0.5, 0.6) is 0 Å². The molecule has 1 spiro atoms. The number of benzene rings is 2. The minimum Gasteiger partial charge on any atom is -0.325 e. The maximum atomic E-state index is 13.1. The summed E-state index contributed by atoms with van der Waals surface area (Å²) in [7, 11) is 0. The minimum absolute atomic E-state index is 0.305. The van der Waals surface area contributed by atoms with Gasteiger partial charge < -0.3 is 10.6 Å². The lowest BCUT2D eigenvalue weighted by Crippen LogP contribution is -2.47. The molecule has 0 saturated carbocycles. The van der Waals surface area contributed by atoms with Crippen molar-refractivity contribution in [3.05, 3.63) is 63.2 Å². The third kappa shape index (κ3) is 3.20. The van der Waals surface area contributed by atoms with E-state index in [0.717, 1.165) is 32.4 Å². The standard InChI is InChI=1S/C20H18IN3O3/c21-14-7-9-15(10-8-14)22-17(25)12-24-18(26)20(23-19(24)27)11-3-5-13-4-1-2-6-16(13)20/h1-2,4,6-10H,3,5,11-12H2,(H,22,25)(H,23,27). The zero-order valence-corrected chi connectivity index (χ0v) is 16.7. The molecule has 4 amide bonds. The van der Waals surface area contributed by atoms with E-state index < -0.39 is 17.5 Å². The summed E-state index contributed by atoms with van der Waals surface area (Å²) in [4.78, 5) is 39.1. The minimum atomic E-state index is -1.05. The van der Waals surface area contributed by atoms with Crippen molar-refractivity contribution in [1.29, 1.82) is 0 Å². The van der Waals surface area contributed by atoms with Crippen molar-refractivity contribution in [2.75, 3.05) is 11.9 Å². The van der Waals surface area contributed by atoms with E-state index in [1.165, 1.54) is 0 Å². The normalized spacial score (nSPS) is 21.1. The molecule has 2 aromatic rings. The van der Waals surface area contributed by atoms with Crippen LogP contribution in [-0.4, -0.2) is 29.3 Å². The first-order chi connectivity index (χ1) is 13.0. The summed E-state index contributed by atoms with van der Waals surface area (Å²) in [6.07, 6.45) is 2.24. The van der Waals surface area contributed by atoms with Gasteiger partial charge >= 0.3 is 6.03 Å². The van der Waals surface area contributed by atoms with E-state index in [4.69, 9.17) is 0 Å². The summed E-state index contributed by atoms with van der Waals surface area (Å²) in [6, 6.07) is 14.5. The molecular formula is C20H18IN3O3. The molecule has 138 valence electrons. The zero-order chi connectivity index (χ0) is 19.0. The molecule has 2 aliphatic rings. The molecule has 7 heteroatoms. The number of nitrogens with one attached hydrogen (secondary N) is 2. The number of imide groups is 1. The van der Waals surface area contributed by atoms with Gasteiger partial charge in [0.05, 0.1) is 0 Å². The Bertz CT molecular complexity index is 928. The lowest BCUT2D eigenvalue weighted by Gasteiger charge is -2.33. The molecule has 4 rings (SSSR count). The molecular weight excluding hydrogens is 457 g/mol. The maximum absolute atomic E-state index is 13.1. The molecule has 0 bridgehead atoms. The van der Waals surface area contributed by atoms with Crippen LogP contribution in [-0.2, 0) is 21.5 Å². The highest BCUT2D eigenvalue weighted by molar-refractivity contribution is 14.1. The molecule has 2 N–H and O–H groups in total. The zero-order valence-electron chi connectivity index (χ0n) is 14.5. The Hall–Kier alpha value is -2.42. The van der Waals surface area contributed by atoms with Crippen molar-refractivity contribution in [1.82, 2.24) is 10.2 Å². The van der Waals surface area contributed by atoms with Gasteiger partial charge in [-0.2, -0.15) is 0 Å². The Morgan fingerprint density at radius 3 is 2.67 bits per heavy atom. The van der Waals surface area contributed by atoms with Crippen LogP contribution in [0, 0.1) is 3.57 Å². The topological polar surface area (TPSA) is 78.5 Å². The third-order valence-corrected chi connectivity index (χ3v) is 5.80. The number of aryl methyl sites for hydroxylation is 1. The number of nitrogens with zero attached hydrogens (tertiary/aromatic N) is 1. The SMILES string of the molecule is O=C(CN1C(=O)NC2(CCCc3ccccc32)C1=O)Nc1ccc(I)cc1. The van der Waals surface area contributed by atoms with Crippen molar-refractivity contribution in [2.45, 2.75) is 24.8 Å². The van der Waals surface area contributed by atoms with Crippen LogP contribution in [0.15, 0.2) is 48.5 Å². The second kappa shape index (κ2) is 6.95. The summed E-state index contributed by atoms with van der Waals surface area (Å²) >= 11 is 2.18. The molecule has 1 heterocycles. The molecule has 27 heavy (non-hydrogen) atoms. The van der Waals surface area contributed by atoms with Crippen LogP contribution in [0.3, 0.4) is 0 Å². The Morgan fingerprint density at radius 1 is 1.15 bits per heavy atom. The molecule has 1 saturated heterocycles. The van der Waals surface area contributed by atoms with E-state index in [1.807, 2.05) is 36.4 Å². The van der Waals surface area contributed by atoms with Gasteiger partial charge in [-0.3, -0.25) is 14.5 Å². The summed E-state index contributed by atoms with van der Waals surface area (Å²) in [5.41, 5.74) is 1.50. The van der Waals surface area contributed by atoms with Crippen molar-refractivity contribution in [3.63, 3.8) is 0 Å². The van der Waals surface area contributed by atoms with Crippen LogP contribution < -0.4 is 10.6 Å². The third-order valence-electron chi connectivity index (χ3n) is 5.08. The van der Waals surface area contributed by atoms with Gasteiger partial charge in [-0.25, -0.2) is 4.79 Å². The largest absolute Gasteiger partial charge is 0.325 e. The van der Waals surface area contributed by atoms with E-state index in [2.05, 4.69) is 33.2 Å². The highest BCUT2D eigenvalue weighted by Gasteiger charge is 2.54. The van der Waals surface area contributed by atoms with Crippen molar-refractivity contribution in [2.24, 2.45) is 0 Å². The summed E-state index contributed by atoms with van der Waals surface area (Å²) < 4.78 is 1.05. The van der Waals surface area contributed by atoms with Gasteiger partial charge in [-0.05, 0) is 77.2 Å². The van der Waals surface area contributed by atoms with Gasteiger partial charge in [-0.1, -0.05) is 24.3 Å². The molecule has 1 aliphatic heterocycles. The maximum Gasteiger partial charge on any atom is 0.325 e. The first kappa shape index (κ1) is 18.0. The van der Waals surface area contributed by atoms with Gasteiger partial charge in [0.25, 0.3) is 5.91 Å². The number of halogens is 1. The van der Waals surface area contributed by atoms with Crippen LogP contribution in [0.25, 0.3) is 0 Å². The molecule has 1 aliphatic carbocycles. The van der Waals surface area contributed by atoms with Gasteiger partial charge in [0.15, 0.2) is 0 Å². The Kier molecular flexibility index (Phi) is 4.63. The van der Waals surface area contributed by atoms with E-state index in [1.54, 1.807) is 12.1 Å². The molecule has 1 unspecified atom stereocenters. The number of hydrogen-bond acceptors (Lipinski definition) is 3. The quantitative estimate of drug-likeness (QED) is 0.530. The number of fused-ring (bicyclic) bond motifs is 2. The van der Waals surface area contributed by atoms with Gasteiger partial charge in [0.2, 0.25) is 5.91 Å². The van der Waals surface area contributed by atoms with Crippen LogP contribution in [0.2, 0.25) is 0 Å². The molecule has 0 radical (unpaired) electrons. The number of amides is 4. The van der Waals surface area contributed by atoms with E-state index in [0.29, 0.717) is 12.1 Å². The van der Waals surface area contributed by atoms with E-state index in [9.17, 15) is 14.4 Å². The highest BCUT2D eigenvalue weighted by Crippen LogP contribution is 2.39. The molecule has 2 aromatic carbocycles.